The molecule has 0 saturated carbocycles. The molecule has 0 aromatic heterocycles. The van der Waals surface area contributed by atoms with Gasteiger partial charge in [-0.25, -0.2) is 12.8 Å². The van der Waals surface area contributed by atoms with Crippen molar-refractivity contribution in [2.24, 2.45) is 0 Å². The Kier molecular flexibility index (Phi) is 6.52. The van der Waals surface area contributed by atoms with E-state index in [1.165, 1.54) is 36.4 Å². The number of hydrogen-bond acceptors (Lipinski definition) is 4. The molecule has 1 amide bonds. The minimum atomic E-state index is -4.06. The number of carbonyl (C=O) groups excluding carboxylic acids is 1. The topological polar surface area (TPSA) is 90.3 Å². The molecule has 1 heterocycles. The summed E-state index contributed by atoms with van der Waals surface area (Å²) in [6.45, 7) is 0.317. The van der Waals surface area contributed by atoms with E-state index in [9.17, 15) is 17.6 Å². The summed E-state index contributed by atoms with van der Waals surface area (Å²) in [5.41, 5.74) is 0.231. The predicted molar refractivity (Wildman–Crippen MR) is 106 cm³/mol. The van der Waals surface area contributed by atoms with Crippen molar-refractivity contribution in [1.29, 1.82) is 5.26 Å². The van der Waals surface area contributed by atoms with Crippen LogP contribution in [0.3, 0.4) is 0 Å². The lowest BCUT2D eigenvalue weighted by Crippen LogP contribution is -2.48. The van der Waals surface area contributed by atoms with Crippen LogP contribution in [0.25, 0.3) is 0 Å². The third-order valence-electron chi connectivity index (χ3n) is 4.76. The number of hydrogen-bond donors (Lipinski definition) is 1. The highest BCUT2D eigenvalue weighted by molar-refractivity contribution is 7.89. The number of nitrogens with one attached hydrogen (secondary N) is 1. The van der Waals surface area contributed by atoms with Crippen molar-refractivity contribution in [3.8, 4) is 6.07 Å². The SMILES string of the molecule is N#Cc1cc(CN([C@@H]2CCCCNC2=O)S(=O)(=O)c2ccc(Cl)cc2)ccc1F. The molecule has 2 aromatic carbocycles. The van der Waals surface area contributed by atoms with Crippen LogP contribution in [0.15, 0.2) is 47.4 Å². The summed E-state index contributed by atoms with van der Waals surface area (Å²) < 4.78 is 41.6. The zero-order valence-corrected chi connectivity index (χ0v) is 17.0. The summed E-state index contributed by atoms with van der Waals surface area (Å²) in [7, 11) is -4.06. The molecule has 6 nitrogen and oxygen atoms in total. The van der Waals surface area contributed by atoms with Crippen molar-refractivity contribution in [2.75, 3.05) is 6.54 Å². The van der Waals surface area contributed by atoms with Gasteiger partial charge in [0.2, 0.25) is 15.9 Å². The van der Waals surface area contributed by atoms with Crippen LogP contribution in [0.2, 0.25) is 5.02 Å². The average molecular weight is 436 g/mol. The Morgan fingerprint density at radius 3 is 2.62 bits per heavy atom. The fourth-order valence-electron chi connectivity index (χ4n) is 3.24. The second-order valence-corrected chi connectivity index (χ2v) is 9.06. The minimum Gasteiger partial charge on any atom is -0.355 e. The lowest BCUT2D eigenvalue weighted by molar-refractivity contribution is -0.124. The highest BCUT2D eigenvalue weighted by Gasteiger charge is 2.36. The molecular weight excluding hydrogens is 417 g/mol. The molecule has 0 spiro atoms. The zero-order valence-electron chi connectivity index (χ0n) is 15.4. The summed E-state index contributed by atoms with van der Waals surface area (Å²) in [6, 6.07) is 10.4. The number of sulfonamides is 1. The van der Waals surface area contributed by atoms with Gasteiger partial charge in [0.25, 0.3) is 0 Å². The van der Waals surface area contributed by atoms with Gasteiger partial charge in [0.15, 0.2) is 0 Å². The first-order valence-corrected chi connectivity index (χ1v) is 10.9. The van der Waals surface area contributed by atoms with Gasteiger partial charge in [-0.2, -0.15) is 9.57 Å². The predicted octanol–water partition coefficient (Wildman–Crippen LogP) is 3.21. The first kappa shape index (κ1) is 21.2. The van der Waals surface area contributed by atoms with E-state index in [2.05, 4.69) is 5.32 Å². The lowest BCUT2D eigenvalue weighted by atomic mass is 10.1. The van der Waals surface area contributed by atoms with Gasteiger partial charge in [0, 0.05) is 18.1 Å². The Hall–Kier alpha value is -2.47. The Morgan fingerprint density at radius 2 is 1.93 bits per heavy atom. The molecule has 0 radical (unpaired) electrons. The number of benzene rings is 2. The van der Waals surface area contributed by atoms with Crippen LogP contribution in [0.4, 0.5) is 4.39 Å². The Bertz CT molecular complexity index is 1050. The quantitative estimate of drug-likeness (QED) is 0.780. The fourth-order valence-corrected chi connectivity index (χ4v) is 4.97. The third-order valence-corrected chi connectivity index (χ3v) is 6.88. The summed E-state index contributed by atoms with van der Waals surface area (Å²) in [4.78, 5) is 12.6. The van der Waals surface area contributed by atoms with E-state index in [-0.39, 0.29) is 22.9 Å². The maximum Gasteiger partial charge on any atom is 0.244 e. The number of halogens is 2. The third kappa shape index (κ3) is 4.75. The lowest BCUT2D eigenvalue weighted by Gasteiger charge is -2.29. The van der Waals surface area contributed by atoms with Gasteiger partial charge < -0.3 is 5.32 Å². The number of nitrogens with zero attached hydrogens (tertiary/aromatic N) is 2. The summed E-state index contributed by atoms with van der Waals surface area (Å²) >= 11 is 5.87. The van der Waals surface area contributed by atoms with E-state index in [0.717, 1.165) is 16.8 Å². The van der Waals surface area contributed by atoms with Crippen molar-refractivity contribution >= 4 is 27.5 Å². The van der Waals surface area contributed by atoms with Crippen molar-refractivity contribution in [3.63, 3.8) is 0 Å². The largest absolute Gasteiger partial charge is 0.355 e. The van der Waals surface area contributed by atoms with E-state index >= 15 is 0 Å². The van der Waals surface area contributed by atoms with Crippen LogP contribution >= 0.6 is 11.6 Å². The maximum atomic E-state index is 13.7. The van der Waals surface area contributed by atoms with Crippen LogP contribution in [0, 0.1) is 17.1 Å². The zero-order chi connectivity index (χ0) is 21.0. The molecule has 1 atom stereocenters. The molecule has 1 N–H and O–H groups in total. The normalized spacial score (nSPS) is 17.4. The maximum absolute atomic E-state index is 13.7. The van der Waals surface area contributed by atoms with E-state index in [1.54, 1.807) is 6.07 Å². The van der Waals surface area contributed by atoms with Gasteiger partial charge in [0.1, 0.15) is 17.9 Å². The van der Waals surface area contributed by atoms with Crippen LogP contribution in [0.1, 0.15) is 30.4 Å². The summed E-state index contributed by atoms with van der Waals surface area (Å²) in [5, 5.41) is 12.2. The molecule has 1 aliphatic rings. The van der Waals surface area contributed by atoms with Crippen molar-refractivity contribution in [2.45, 2.75) is 36.7 Å². The molecule has 3 rings (SSSR count). The number of carbonyl (C=O) groups is 1. The highest BCUT2D eigenvalue weighted by Crippen LogP contribution is 2.26. The number of nitriles is 1. The average Bonchev–Trinajstić information content (AvgIpc) is 2.91. The Morgan fingerprint density at radius 1 is 1.21 bits per heavy atom. The van der Waals surface area contributed by atoms with E-state index in [4.69, 9.17) is 16.9 Å². The molecule has 0 bridgehead atoms. The Labute approximate surface area is 173 Å². The summed E-state index contributed by atoms with van der Waals surface area (Å²) in [5.74, 6) is -1.06. The second kappa shape index (κ2) is 8.91. The van der Waals surface area contributed by atoms with Crippen LogP contribution < -0.4 is 5.32 Å². The molecule has 0 aliphatic carbocycles. The van der Waals surface area contributed by atoms with Gasteiger partial charge in [0.05, 0.1) is 10.5 Å². The number of amides is 1. The second-order valence-electron chi connectivity index (χ2n) is 6.73. The van der Waals surface area contributed by atoms with E-state index in [0.29, 0.717) is 30.0 Å². The molecule has 1 fully saturated rings. The smallest absolute Gasteiger partial charge is 0.244 e. The summed E-state index contributed by atoms with van der Waals surface area (Å²) in [6.07, 6.45) is 1.81. The first-order chi connectivity index (χ1) is 13.8. The molecule has 9 heteroatoms. The molecular formula is C20H19ClFN3O3S. The van der Waals surface area contributed by atoms with Gasteiger partial charge >= 0.3 is 0 Å². The van der Waals surface area contributed by atoms with Crippen molar-refractivity contribution in [3.05, 3.63) is 64.4 Å². The van der Waals surface area contributed by atoms with E-state index in [1.807, 2.05) is 0 Å². The van der Waals surface area contributed by atoms with Gasteiger partial charge in [-0.15, -0.1) is 0 Å². The molecule has 29 heavy (non-hydrogen) atoms. The fraction of sp³-hybridized carbons (Fsp3) is 0.300. The first-order valence-electron chi connectivity index (χ1n) is 9.06. The van der Waals surface area contributed by atoms with Crippen LogP contribution in [-0.4, -0.2) is 31.2 Å². The van der Waals surface area contributed by atoms with Crippen molar-refractivity contribution < 1.29 is 17.6 Å². The monoisotopic (exact) mass is 435 g/mol. The van der Waals surface area contributed by atoms with Crippen LogP contribution in [0.5, 0.6) is 0 Å². The minimum absolute atomic E-state index is 0.00145. The molecule has 1 saturated heterocycles. The van der Waals surface area contributed by atoms with Gasteiger partial charge in [-0.1, -0.05) is 17.7 Å². The molecule has 2 aromatic rings. The molecule has 152 valence electrons. The van der Waals surface area contributed by atoms with Gasteiger partial charge in [-0.3, -0.25) is 4.79 Å². The highest BCUT2D eigenvalue weighted by atomic mass is 35.5. The van der Waals surface area contributed by atoms with E-state index < -0.39 is 21.9 Å². The van der Waals surface area contributed by atoms with Gasteiger partial charge in [-0.05, 0) is 61.2 Å². The van der Waals surface area contributed by atoms with Crippen LogP contribution in [-0.2, 0) is 21.4 Å². The molecule has 0 unspecified atom stereocenters. The molecule has 1 aliphatic heterocycles. The van der Waals surface area contributed by atoms with Crippen molar-refractivity contribution in [1.82, 2.24) is 9.62 Å². The Balaban J connectivity index is 2.05. The standard InChI is InChI=1S/C20H19ClFN3O3S/c21-16-5-7-17(8-6-16)29(27,28)25(19-3-1-2-10-24-20(19)26)13-14-4-9-18(22)15(11-14)12-23/h4-9,11,19H,1-3,10,13H2,(H,24,26)/t19-/m1/s1. The number of rotatable bonds is 5.